The number of methoxy groups -OCH3 is 1. The van der Waals surface area contributed by atoms with Crippen LogP contribution in [0.25, 0.3) is 11.4 Å². The minimum absolute atomic E-state index is 0.388. The third-order valence-electron chi connectivity index (χ3n) is 4.32. The molecule has 0 aliphatic heterocycles. The van der Waals surface area contributed by atoms with E-state index in [1.165, 1.54) is 0 Å². The molecule has 0 bridgehead atoms. The fraction of sp³-hybridized carbons (Fsp3) is 0.0909. The molecule has 0 spiro atoms. The molecule has 1 N–H and O–H groups in total. The molecule has 2 aromatic heterocycles. The summed E-state index contributed by atoms with van der Waals surface area (Å²) < 4.78 is 13.3. The lowest BCUT2D eigenvalue weighted by Crippen LogP contribution is -1.99. The second kappa shape index (κ2) is 9.15. The van der Waals surface area contributed by atoms with E-state index in [4.69, 9.17) is 21.7 Å². The van der Waals surface area contributed by atoms with Crippen LogP contribution in [0.5, 0.6) is 11.5 Å². The van der Waals surface area contributed by atoms with Crippen molar-refractivity contribution in [2.75, 3.05) is 7.11 Å². The monoisotopic (exact) mass is 417 g/mol. The van der Waals surface area contributed by atoms with Crippen molar-refractivity contribution in [2.45, 2.75) is 6.61 Å². The maximum Gasteiger partial charge on any atom is 0.216 e. The number of pyridine rings is 1. The fourth-order valence-electron chi connectivity index (χ4n) is 2.83. The highest BCUT2D eigenvalue weighted by molar-refractivity contribution is 7.71. The van der Waals surface area contributed by atoms with Gasteiger partial charge >= 0.3 is 0 Å². The van der Waals surface area contributed by atoms with Gasteiger partial charge in [0.25, 0.3) is 0 Å². The Hall–Kier alpha value is -3.78. The lowest BCUT2D eigenvalue weighted by atomic mass is 10.2. The summed E-state index contributed by atoms with van der Waals surface area (Å²) in [6.07, 6.45) is 5.10. The standard InChI is InChI=1S/C22H19N5O2S/c1-28-19-10-9-17(12-20(19)29-15-16-6-3-2-4-7-16)13-24-27-21(25-26-22(27)30)18-8-5-11-23-14-18/h2-14H,15H2,1H3,(H,26,30)/b24-13+. The molecule has 2 heterocycles. The van der Waals surface area contributed by atoms with Crippen molar-refractivity contribution in [1.29, 1.82) is 0 Å². The Morgan fingerprint density at radius 3 is 2.73 bits per heavy atom. The van der Waals surface area contributed by atoms with Gasteiger partial charge in [-0.25, -0.2) is 5.10 Å². The van der Waals surface area contributed by atoms with Gasteiger partial charge in [-0.2, -0.15) is 14.9 Å². The van der Waals surface area contributed by atoms with E-state index in [0.717, 1.165) is 16.7 Å². The number of nitrogens with zero attached hydrogens (tertiary/aromatic N) is 4. The van der Waals surface area contributed by atoms with Crippen LogP contribution in [0.4, 0.5) is 0 Å². The lowest BCUT2D eigenvalue weighted by molar-refractivity contribution is 0.284. The second-order valence-corrected chi connectivity index (χ2v) is 6.72. The molecule has 30 heavy (non-hydrogen) atoms. The summed E-state index contributed by atoms with van der Waals surface area (Å²) in [5.41, 5.74) is 2.71. The van der Waals surface area contributed by atoms with Gasteiger partial charge in [0, 0.05) is 18.0 Å². The van der Waals surface area contributed by atoms with E-state index >= 15 is 0 Å². The van der Waals surface area contributed by atoms with Crippen LogP contribution in [-0.2, 0) is 6.61 Å². The number of aromatic nitrogens is 4. The summed E-state index contributed by atoms with van der Waals surface area (Å²) >= 11 is 5.32. The molecule has 0 saturated heterocycles. The average Bonchev–Trinajstić information content (AvgIpc) is 3.18. The number of hydrogen-bond donors (Lipinski definition) is 1. The van der Waals surface area contributed by atoms with Crippen LogP contribution in [0.15, 0.2) is 78.2 Å². The molecule has 4 aromatic rings. The zero-order chi connectivity index (χ0) is 20.8. The molecule has 0 saturated carbocycles. The van der Waals surface area contributed by atoms with Crippen LogP contribution in [0.3, 0.4) is 0 Å². The van der Waals surface area contributed by atoms with E-state index in [2.05, 4.69) is 20.3 Å². The molecule has 0 unspecified atom stereocenters. The van der Waals surface area contributed by atoms with Crippen molar-refractivity contribution in [3.05, 3.63) is 89.0 Å². The first-order valence-electron chi connectivity index (χ1n) is 9.21. The van der Waals surface area contributed by atoms with Gasteiger partial charge in [0.05, 0.1) is 13.3 Å². The number of H-pyrrole nitrogens is 1. The van der Waals surface area contributed by atoms with E-state index in [9.17, 15) is 0 Å². The highest BCUT2D eigenvalue weighted by Gasteiger charge is 2.09. The fourth-order valence-corrected chi connectivity index (χ4v) is 3.01. The Morgan fingerprint density at radius 2 is 1.97 bits per heavy atom. The molecule has 0 atom stereocenters. The summed E-state index contributed by atoms with van der Waals surface area (Å²) in [4.78, 5) is 4.12. The molecule has 8 heteroatoms. The first-order valence-corrected chi connectivity index (χ1v) is 9.62. The van der Waals surface area contributed by atoms with Gasteiger partial charge in [-0.15, -0.1) is 0 Å². The normalized spacial score (nSPS) is 11.0. The Balaban J connectivity index is 1.59. The Morgan fingerprint density at radius 1 is 1.10 bits per heavy atom. The number of rotatable bonds is 7. The average molecular weight is 417 g/mol. The highest BCUT2D eigenvalue weighted by Crippen LogP contribution is 2.28. The maximum absolute atomic E-state index is 5.97. The van der Waals surface area contributed by atoms with Gasteiger partial charge in [0.1, 0.15) is 6.61 Å². The van der Waals surface area contributed by atoms with Gasteiger partial charge in [-0.1, -0.05) is 30.3 Å². The molecular formula is C22H19N5O2S. The first kappa shape index (κ1) is 19.5. The topological polar surface area (TPSA) is 77.3 Å². The van der Waals surface area contributed by atoms with E-state index in [1.807, 2.05) is 60.7 Å². The predicted molar refractivity (Wildman–Crippen MR) is 117 cm³/mol. The number of nitrogens with one attached hydrogen (secondary N) is 1. The smallest absolute Gasteiger partial charge is 0.216 e. The van der Waals surface area contributed by atoms with Crippen LogP contribution < -0.4 is 9.47 Å². The van der Waals surface area contributed by atoms with Crippen LogP contribution >= 0.6 is 12.2 Å². The summed E-state index contributed by atoms with van der Waals surface area (Å²) in [6.45, 7) is 0.440. The van der Waals surface area contributed by atoms with Gasteiger partial charge in [-0.3, -0.25) is 4.98 Å². The number of benzene rings is 2. The quantitative estimate of drug-likeness (QED) is 0.355. The van der Waals surface area contributed by atoms with Gasteiger partial charge in [0.2, 0.25) is 4.77 Å². The van der Waals surface area contributed by atoms with E-state index in [1.54, 1.807) is 30.4 Å². The molecule has 0 fully saturated rings. The van der Waals surface area contributed by atoms with Crippen LogP contribution in [0, 0.1) is 4.77 Å². The number of hydrogen-bond acceptors (Lipinski definition) is 6. The third kappa shape index (κ3) is 4.44. The zero-order valence-electron chi connectivity index (χ0n) is 16.2. The van der Waals surface area contributed by atoms with Gasteiger partial charge in [0.15, 0.2) is 17.3 Å². The molecule has 0 aliphatic carbocycles. The van der Waals surface area contributed by atoms with Crippen molar-refractivity contribution in [1.82, 2.24) is 19.9 Å². The van der Waals surface area contributed by atoms with Crippen LogP contribution in [0.2, 0.25) is 0 Å². The summed E-state index contributed by atoms with van der Waals surface area (Å²) in [5.74, 6) is 1.87. The Bertz CT molecular complexity index is 1200. The SMILES string of the molecule is COc1ccc(/C=N/n2c(-c3cccnc3)n[nH]c2=S)cc1OCc1ccccc1. The third-order valence-corrected chi connectivity index (χ3v) is 4.58. The molecule has 0 amide bonds. The van der Waals surface area contributed by atoms with Gasteiger partial charge < -0.3 is 9.47 Å². The first-order chi connectivity index (χ1) is 14.7. The van der Waals surface area contributed by atoms with Gasteiger partial charge in [-0.05, 0) is 53.7 Å². The lowest BCUT2D eigenvalue weighted by Gasteiger charge is -2.11. The molecular weight excluding hydrogens is 398 g/mol. The van der Waals surface area contributed by atoms with E-state index in [0.29, 0.717) is 28.7 Å². The van der Waals surface area contributed by atoms with E-state index < -0.39 is 0 Å². The zero-order valence-corrected chi connectivity index (χ0v) is 17.0. The van der Waals surface area contributed by atoms with Crippen molar-refractivity contribution in [2.24, 2.45) is 5.10 Å². The minimum atomic E-state index is 0.388. The summed E-state index contributed by atoms with van der Waals surface area (Å²) in [5, 5.41) is 11.5. The van der Waals surface area contributed by atoms with Crippen molar-refractivity contribution < 1.29 is 9.47 Å². The predicted octanol–water partition coefficient (Wildman–Crippen LogP) is 4.47. The van der Waals surface area contributed by atoms with Crippen molar-refractivity contribution in [3.63, 3.8) is 0 Å². The largest absolute Gasteiger partial charge is 0.493 e. The Kier molecular flexibility index (Phi) is 5.95. The molecule has 4 rings (SSSR count). The number of ether oxygens (including phenoxy) is 2. The van der Waals surface area contributed by atoms with E-state index in [-0.39, 0.29) is 0 Å². The van der Waals surface area contributed by atoms with Crippen LogP contribution in [-0.4, -0.2) is 33.2 Å². The summed E-state index contributed by atoms with van der Waals surface area (Å²) in [6, 6.07) is 19.3. The number of aromatic amines is 1. The van der Waals surface area contributed by atoms with Crippen molar-refractivity contribution >= 4 is 18.4 Å². The Labute approximate surface area is 178 Å². The maximum atomic E-state index is 5.97. The molecule has 0 radical (unpaired) electrons. The minimum Gasteiger partial charge on any atom is -0.493 e. The highest BCUT2D eigenvalue weighted by atomic mass is 32.1. The van der Waals surface area contributed by atoms with Crippen molar-refractivity contribution in [3.8, 4) is 22.9 Å². The van der Waals surface area contributed by atoms with Crippen LogP contribution in [0.1, 0.15) is 11.1 Å². The second-order valence-electron chi connectivity index (χ2n) is 6.34. The summed E-state index contributed by atoms with van der Waals surface area (Å²) in [7, 11) is 1.61. The molecule has 150 valence electrons. The molecule has 0 aliphatic rings. The molecule has 7 nitrogen and oxygen atoms in total. The molecule has 2 aromatic carbocycles.